The third-order valence-corrected chi connectivity index (χ3v) is 5.60. The van der Waals surface area contributed by atoms with Crippen LogP contribution in [-0.2, 0) is 16.5 Å². The van der Waals surface area contributed by atoms with Crippen LogP contribution in [0, 0.1) is 0 Å². The van der Waals surface area contributed by atoms with Crippen LogP contribution in [0.3, 0.4) is 0 Å². The minimum Gasteiger partial charge on any atom is -0.872 e. The summed E-state index contributed by atoms with van der Waals surface area (Å²) in [6, 6.07) is 28.2. The number of halogens is 2. The summed E-state index contributed by atoms with van der Waals surface area (Å²) in [5.41, 5.74) is 3.59. The van der Waals surface area contributed by atoms with Crippen molar-refractivity contribution in [1.82, 2.24) is 0 Å². The normalized spacial score (nSPS) is 11.7. The molecule has 7 heteroatoms. The molecule has 35 heavy (non-hydrogen) atoms. The molecule has 4 aromatic carbocycles. The smallest absolute Gasteiger partial charge is 0.872 e. The molecule has 4 nitrogen and oxygen atoms in total. The van der Waals surface area contributed by atoms with E-state index in [0.717, 1.165) is 11.1 Å². The minimum atomic E-state index is -0.157. The fraction of sp³-hybridized carbons (Fsp3) is 0.0714. The van der Waals surface area contributed by atoms with Gasteiger partial charge in [0.25, 0.3) is 0 Å². The first-order chi connectivity index (χ1) is 16.5. The molecule has 0 aliphatic carbocycles. The van der Waals surface area contributed by atoms with Crippen molar-refractivity contribution in [1.29, 1.82) is 0 Å². The van der Waals surface area contributed by atoms with Crippen molar-refractivity contribution in [3.63, 3.8) is 0 Å². The van der Waals surface area contributed by atoms with E-state index in [-0.39, 0.29) is 28.0 Å². The second kappa shape index (κ2) is 12.6. The number of rotatable bonds is 7. The topological polar surface area (TPSA) is 70.8 Å². The summed E-state index contributed by atoms with van der Waals surface area (Å²) in [5, 5.41) is 26.0. The van der Waals surface area contributed by atoms with Gasteiger partial charge in [0.15, 0.2) is 0 Å². The molecular weight excluding hydrogens is 526 g/mol. The summed E-state index contributed by atoms with van der Waals surface area (Å²) >= 11 is 12.3. The molecule has 0 aliphatic heterocycles. The zero-order chi connectivity index (χ0) is 23.9. The maximum atomic E-state index is 12.6. The van der Waals surface area contributed by atoms with Gasteiger partial charge in [0, 0.05) is 21.2 Å². The minimum absolute atomic E-state index is 0. The van der Waals surface area contributed by atoms with Gasteiger partial charge in [0.1, 0.15) is 0 Å². The molecule has 0 atom stereocenters. The molecular formula is C28H20Cl2N2NiO2. The molecule has 0 aliphatic rings. The van der Waals surface area contributed by atoms with Gasteiger partial charge in [-0.3, -0.25) is 9.98 Å². The zero-order valence-corrected chi connectivity index (χ0v) is 20.9. The first-order valence-electron chi connectivity index (χ1n) is 10.7. The van der Waals surface area contributed by atoms with Crippen LogP contribution in [0.5, 0.6) is 11.5 Å². The standard InChI is InChI=1S/C28H22Cl2N2O2.Ni/c29-21-11-13-25(33)23(17-21)27(19-7-3-1-4-8-19)31-15-16-32-28(20-9-5-2-6-10-20)24-18-22(30)12-14-26(24)34;/h1-14,17-18,33-34H,15-16H2;/q;+2/p-2. The van der Waals surface area contributed by atoms with Gasteiger partial charge in [-0.1, -0.05) is 107 Å². The molecule has 4 rings (SSSR count). The van der Waals surface area contributed by atoms with Gasteiger partial charge in [-0.2, -0.15) is 0 Å². The van der Waals surface area contributed by atoms with Crippen LogP contribution in [-0.4, -0.2) is 24.5 Å². The predicted molar refractivity (Wildman–Crippen MR) is 136 cm³/mol. The Morgan fingerprint density at radius 3 is 1.31 bits per heavy atom. The van der Waals surface area contributed by atoms with Crippen molar-refractivity contribution in [2.75, 3.05) is 13.1 Å². The van der Waals surface area contributed by atoms with E-state index < -0.39 is 0 Å². The first-order valence-corrected chi connectivity index (χ1v) is 11.4. The number of benzene rings is 4. The molecule has 0 N–H and O–H groups in total. The molecule has 178 valence electrons. The number of aliphatic imine (C=N–C) groups is 2. The van der Waals surface area contributed by atoms with Gasteiger partial charge in [-0.05, 0) is 35.4 Å². The van der Waals surface area contributed by atoms with Crippen molar-refractivity contribution in [2.45, 2.75) is 0 Å². The maximum absolute atomic E-state index is 12.6. The fourth-order valence-electron chi connectivity index (χ4n) is 3.55. The van der Waals surface area contributed by atoms with Crippen LogP contribution in [0.1, 0.15) is 22.3 Å². The molecule has 0 radical (unpaired) electrons. The van der Waals surface area contributed by atoms with Crippen LogP contribution in [0.25, 0.3) is 0 Å². The van der Waals surface area contributed by atoms with Crippen LogP contribution in [0.4, 0.5) is 0 Å². The van der Waals surface area contributed by atoms with E-state index in [1.165, 1.54) is 12.1 Å². The Bertz CT molecular complexity index is 1240. The maximum Gasteiger partial charge on any atom is 2.00 e. The van der Waals surface area contributed by atoms with Crippen LogP contribution in [0.15, 0.2) is 107 Å². The first kappa shape index (κ1) is 26.5. The van der Waals surface area contributed by atoms with Gasteiger partial charge in [0.2, 0.25) is 0 Å². The second-order valence-corrected chi connectivity index (χ2v) is 8.35. The van der Waals surface area contributed by atoms with Crippen molar-refractivity contribution in [3.8, 4) is 11.5 Å². The van der Waals surface area contributed by atoms with Crippen LogP contribution >= 0.6 is 23.2 Å². The largest absolute Gasteiger partial charge is 2.00 e. The van der Waals surface area contributed by atoms with E-state index in [1.54, 1.807) is 24.3 Å². The van der Waals surface area contributed by atoms with Crippen molar-refractivity contribution < 1.29 is 26.7 Å². The predicted octanol–water partition coefficient (Wildman–Crippen LogP) is 5.51. The molecule has 0 unspecified atom stereocenters. The summed E-state index contributed by atoms with van der Waals surface area (Å²) in [6.45, 7) is 0.614. The van der Waals surface area contributed by atoms with Crippen molar-refractivity contribution >= 4 is 34.6 Å². The Kier molecular flexibility index (Phi) is 9.50. The summed E-state index contributed by atoms with van der Waals surface area (Å²) in [5.74, 6) is -0.314. The molecule has 0 bridgehead atoms. The molecule has 0 saturated heterocycles. The van der Waals surface area contributed by atoms with Gasteiger partial charge >= 0.3 is 16.5 Å². The molecule has 0 heterocycles. The summed E-state index contributed by atoms with van der Waals surface area (Å²) in [6.07, 6.45) is 0. The Labute approximate surface area is 224 Å². The number of hydrogen-bond acceptors (Lipinski definition) is 4. The third-order valence-electron chi connectivity index (χ3n) is 5.13. The Morgan fingerprint density at radius 1 is 0.571 bits per heavy atom. The average Bonchev–Trinajstić information content (AvgIpc) is 2.86. The van der Waals surface area contributed by atoms with Gasteiger partial charge < -0.3 is 10.2 Å². The number of hydrogen-bond donors (Lipinski definition) is 0. The Morgan fingerprint density at radius 2 is 0.943 bits per heavy atom. The van der Waals surface area contributed by atoms with E-state index in [1.807, 2.05) is 60.7 Å². The number of nitrogens with zero attached hydrogens (tertiary/aromatic N) is 2. The summed E-state index contributed by atoms with van der Waals surface area (Å²) in [4.78, 5) is 9.42. The third kappa shape index (κ3) is 6.73. The molecule has 4 aromatic rings. The van der Waals surface area contributed by atoms with E-state index in [2.05, 4.69) is 0 Å². The quantitative estimate of drug-likeness (QED) is 0.174. The van der Waals surface area contributed by atoms with Crippen LogP contribution in [0.2, 0.25) is 10.0 Å². The van der Waals surface area contributed by atoms with E-state index in [0.29, 0.717) is 45.7 Å². The molecule has 0 amide bonds. The van der Waals surface area contributed by atoms with Gasteiger partial charge in [-0.15, -0.1) is 0 Å². The Hall–Kier alpha value is -3.11. The van der Waals surface area contributed by atoms with E-state index >= 15 is 0 Å². The fourth-order valence-corrected chi connectivity index (χ4v) is 3.90. The summed E-state index contributed by atoms with van der Waals surface area (Å²) < 4.78 is 0. The molecule has 0 aromatic heterocycles. The molecule has 0 saturated carbocycles. The SMILES string of the molecule is [Ni+2].[O-]c1ccc(Cl)cc1C(=NCCN=C(c1ccccc1)c1cc(Cl)ccc1[O-])c1ccccc1. The van der Waals surface area contributed by atoms with E-state index in [9.17, 15) is 10.2 Å². The monoisotopic (exact) mass is 544 g/mol. The Balaban J connectivity index is 0.00000342. The van der Waals surface area contributed by atoms with Crippen LogP contribution < -0.4 is 10.2 Å². The van der Waals surface area contributed by atoms with Gasteiger partial charge in [0.05, 0.1) is 24.5 Å². The van der Waals surface area contributed by atoms with E-state index in [4.69, 9.17) is 33.2 Å². The summed E-state index contributed by atoms with van der Waals surface area (Å²) in [7, 11) is 0. The van der Waals surface area contributed by atoms with Gasteiger partial charge in [-0.25, -0.2) is 0 Å². The molecule has 0 spiro atoms. The molecule has 0 fully saturated rings. The van der Waals surface area contributed by atoms with Crippen molar-refractivity contribution in [2.24, 2.45) is 9.98 Å². The average molecular weight is 546 g/mol. The zero-order valence-electron chi connectivity index (χ0n) is 18.4. The van der Waals surface area contributed by atoms with Crippen molar-refractivity contribution in [3.05, 3.63) is 129 Å². The second-order valence-electron chi connectivity index (χ2n) is 7.47.